The standard InChI is InChI=1S/C18H20ClN3O3S/c19-14-8-12(9-15-16(14)25-7-6-24-15)17(23)21-18-20-13(11-26-18)10-22-4-2-1-3-5-22/h8-9,11H,1-7,10H2,(H,20,21,23)/p+1. The van der Waals surface area contributed by atoms with Gasteiger partial charge in [-0.1, -0.05) is 11.6 Å². The van der Waals surface area contributed by atoms with Gasteiger partial charge >= 0.3 is 0 Å². The molecule has 1 amide bonds. The summed E-state index contributed by atoms with van der Waals surface area (Å²) in [5.74, 6) is 0.744. The molecule has 1 aromatic carbocycles. The number of carbonyl (C=O) groups is 1. The Kier molecular flexibility index (Phi) is 5.28. The molecule has 4 rings (SSSR count). The predicted octanol–water partition coefficient (Wildman–Crippen LogP) is 2.39. The van der Waals surface area contributed by atoms with Crippen LogP contribution < -0.4 is 19.7 Å². The van der Waals surface area contributed by atoms with Crippen molar-refractivity contribution in [2.45, 2.75) is 25.8 Å². The molecule has 0 radical (unpaired) electrons. The van der Waals surface area contributed by atoms with E-state index >= 15 is 0 Å². The minimum Gasteiger partial charge on any atom is -0.486 e. The number of benzene rings is 1. The van der Waals surface area contributed by atoms with Gasteiger partial charge in [0.1, 0.15) is 25.5 Å². The van der Waals surface area contributed by atoms with E-state index in [9.17, 15) is 4.79 Å². The average molecular weight is 395 g/mol. The Morgan fingerprint density at radius 2 is 2.04 bits per heavy atom. The van der Waals surface area contributed by atoms with Crippen molar-refractivity contribution < 1.29 is 19.2 Å². The second-order valence-electron chi connectivity index (χ2n) is 6.57. The number of nitrogens with one attached hydrogen (secondary N) is 2. The first-order valence-electron chi connectivity index (χ1n) is 8.87. The van der Waals surface area contributed by atoms with Gasteiger partial charge in [-0.25, -0.2) is 4.98 Å². The SMILES string of the molecule is O=C(Nc1nc(C[NH+]2CCCCC2)cs1)c1cc(Cl)c2c(c1)OCCO2. The number of nitrogens with zero attached hydrogens (tertiary/aromatic N) is 1. The molecule has 2 aliphatic heterocycles. The number of quaternary nitrogens is 1. The summed E-state index contributed by atoms with van der Waals surface area (Å²) in [5.41, 5.74) is 1.46. The molecule has 0 unspecified atom stereocenters. The zero-order valence-corrected chi connectivity index (χ0v) is 15.9. The van der Waals surface area contributed by atoms with E-state index in [1.54, 1.807) is 17.0 Å². The molecule has 0 atom stereocenters. The van der Waals surface area contributed by atoms with Crippen LogP contribution in [0.1, 0.15) is 35.3 Å². The van der Waals surface area contributed by atoms with Crippen LogP contribution in [-0.2, 0) is 6.54 Å². The summed E-state index contributed by atoms with van der Waals surface area (Å²) >= 11 is 7.65. The summed E-state index contributed by atoms with van der Waals surface area (Å²) in [4.78, 5) is 18.7. The third-order valence-electron chi connectivity index (χ3n) is 4.62. The molecule has 3 heterocycles. The Balaban J connectivity index is 1.42. The van der Waals surface area contributed by atoms with Gasteiger partial charge in [0.2, 0.25) is 0 Å². The first kappa shape index (κ1) is 17.6. The predicted molar refractivity (Wildman–Crippen MR) is 101 cm³/mol. The van der Waals surface area contributed by atoms with Crippen molar-refractivity contribution in [1.82, 2.24) is 4.98 Å². The van der Waals surface area contributed by atoms with Crippen LogP contribution in [0.15, 0.2) is 17.5 Å². The molecule has 6 nitrogen and oxygen atoms in total. The molecule has 1 saturated heterocycles. The van der Waals surface area contributed by atoms with E-state index in [1.807, 2.05) is 5.38 Å². The molecular formula is C18H21ClN3O3S+. The molecule has 0 bridgehead atoms. The number of rotatable bonds is 4. The smallest absolute Gasteiger partial charge is 0.257 e. The monoisotopic (exact) mass is 394 g/mol. The summed E-state index contributed by atoms with van der Waals surface area (Å²) in [7, 11) is 0. The first-order valence-corrected chi connectivity index (χ1v) is 10.1. The van der Waals surface area contributed by atoms with Crippen molar-refractivity contribution in [3.05, 3.63) is 33.8 Å². The molecule has 0 spiro atoms. The Labute approximate surface area is 161 Å². The van der Waals surface area contributed by atoms with Crippen molar-refractivity contribution in [2.75, 3.05) is 31.6 Å². The molecule has 138 valence electrons. The van der Waals surface area contributed by atoms with Crippen LogP contribution in [0.25, 0.3) is 0 Å². The highest BCUT2D eigenvalue weighted by molar-refractivity contribution is 7.13. The first-order chi connectivity index (χ1) is 12.7. The third kappa shape index (κ3) is 3.95. The van der Waals surface area contributed by atoms with Crippen LogP contribution in [-0.4, -0.2) is 37.2 Å². The van der Waals surface area contributed by atoms with E-state index in [-0.39, 0.29) is 5.91 Å². The van der Waals surface area contributed by atoms with Gasteiger partial charge < -0.3 is 14.4 Å². The number of carbonyl (C=O) groups excluding carboxylic acids is 1. The van der Waals surface area contributed by atoms with Gasteiger partial charge in [-0.3, -0.25) is 10.1 Å². The number of amides is 1. The van der Waals surface area contributed by atoms with Gasteiger partial charge in [0.25, 0.3) is 5.91 Å². The molecule has 1 fully saturated rings. The Hall–Kier alpha value is -1.83. The maximum atomic E-state index is 12.5. The average Bonchev–Trinajstić information content (AvgIpc) is 3.09. The van der Waals surface area contributed by atoms with Gasteiger partial charge in [0, 0.05) is 10.9 Å². The van der Waals surface area contributed by atoms with Crippen molar-refractivity contribution in [1.29, 1.82) is 0 Å². The number of thiazole rings is 1. The van der Waals surface area contributed by atoms with E-state index in [2.05, 4.69) is 10.3 Å². The van der Waals surface area contributed by atoms with E-state index in [0.717, 1.165) is 12.2 Å². The maximum Gasteiger partial charge on any atom is 0.257 e. The fraction of sp³-hybridized carbons (Fsp3) is 0.444. The number of hydrogen-bond acceptors (Lipinski definition) is 5. The molecular weight excluding hydrogens is 374 g/mol. The number of ether oxygens (including phenoxy) is 2. The van der Waals surface area contributed by atoms with Gasteiger partial charge in [0.15, 0.2) is 16.6 Å². The summed E-state index contributed by atoms with van der Waals surface area (Å²) < 4.78 is 11.0. The fourth-order valence-corrected chi connectivity index (χ4v) is 4.31. The quantitative estimate of drug-likeness (QED) is 0.835. The summed E-state index contributed by atoms with van der Waals surface area (Å²) in [5, 5.41) is 5.86. The Morgan fingerprint density at radius 3 is 2.88 bits per heavy atom. The largest absolute Gasteiger partial charge is 0.486 e. The minimum absolute atomic E-state index is 0.255. The number of likely N-dealkylation sites (tertiary alicyclic amines) is 1. The molecule has 1 aromatic heterocycles. The van der Waals surface area contributed by atoms with Crippen LogP contribution in [0.2, 0.25) is 5.02 Å². The summed E-state index contributed by atoms with van der Waals surface area (Å²) in [6.45, 7) is 4.23. The van der Waals surface area contributed by atoms with Crippen molar-refractivity contribution >= 4 is 34.0 Å². The Bertz CT molecular complexity index is 805. The molecule has 8 heteroatoms. The van der Waals surface area contributed by atoms with Gasteiger partial charge in [-0.05, 0) is 31.4 Å². The lowest BCUT2D eigenvalue weighted by Gasteiger charge is -2.22. The second kappa shape index (κ2) is 7.82. The van der Waals surface area contributed by atoms with Crippen molar-refractivity contribution in [2.24, 2.45) is 0 Å². The van der Waals surface area contributed by atoms with Gasteiger partial charge in [-0.2, -0.15) is 0 Å². The summed E-state index contributed by atoms with van der Waals surface area (Å²) in [6.07, 6.45) is 3.90. The number of piperidine rings is 1. The Morgan fingerprint density at radius 1 is 1.23 bits per heavy atom. The van der Waals surface area contributed by atoms with Crippen LogP contribution in [0.5, 0.6) is 11.5 Å². The summed E-state index contributed by atoms with van der Waals surface area (Å²) in [6, 6.07) is 3.25. The zero-order chi connectivity index (χ0) is 17.9. The zero-order valence-electron chi connectivity index (χ0n) is 14.3. The number of anilines is 1. The third-order valence-corrected chi connectivity index (χ3v) is 5.71. The van der Waals surface area contributed by atoms with Crippen LogP contribution in [0.3, 0.4) is 0 Å². The molecule has 2 N–H and O–H groups in total. The highest BCUT2D eigenvalue weighted by Crippen LogP contribution is 2.38. The number of hydrogen-bond donors (Lipinski definition) is 2. The van der Waals surface area contributed by atoms with Crippen molar-refractivity contribution in [3.63, 3.8) is 0 Å². The highest BCUT2D eigenvalue weighted by Gasteiger charge is 2.20. The van der Waals surface area contributed by atoms with E-state index < -0.39 is 0 Å². The lowest BCUT2D eigenvalue weighted by molar-refractivity contribution is -0.918. The number of fused-ring (bicyclic) bond motifs is 1. The highest BCUT2D eigenvalue weighted by atomic mass is 35.5. The van der Waals surface area contributed by atoms with E-state index in [0.29, 0.717) is 40.4 Å². The number of halogens is 1. The van der Waals surface area contributed by atoms with Crippen LogP contribution >= 0.6 is 22.9 Å². The molecule has 0 aliphatic carbocycles. The maximum absolute atomic E-state index is 12.5. The second-order valence-corrected chi connectivity index (χ2v) is 7.83. The lowest BCUT2D eigenvalue weighted by atomic mass is 10.1. The van der Waals surface area contributed by atoms with Crippen molar-refractivity contribution in [3.8, 4) is 11.5 Å². The van der Waals surface area contributed by atoms with Gasteiger partial charge in [-0.15, -0.1) is 11.3 Å². The van der Waals surface area contributed by atoms with E-state index in [4.69, 9.17) is 21.1 Å². The van der Waals surface area contributed by atoms with Crippen LogP contribution in [0, 0.1) is 0 Å². The molecule has 2 aliphatic rings. The molecule has 2 aromatic rings. The molecule has 0 saturated carbocycles. The van der Waals surface area contributed by atoms with Crippen LogP contribution in [0.4, 0.5) is 5.13 Å². The van der Waals surface area contributed by atoms with Gasteiger partial charge in [0.05, 0.1) is 18.1 Å². The lowest BCUT2D eigenvalue weighted by Crippen LogP contribution is -3.11. The number of aromatic nitrogens is 1. The van der Waals surface area contributed by atoms with E-state index in [1.165, 1.54) is 43.7 Å². The fourth-order valence-electron chi connectivity index (χ4n) is 3.34. The topological polar surface area (TPSA) is 64.9 Å². The minimum atomic E-state index is -0.255. The molecule has 26 heavy (non-hydrogen) atoms. The normalized spacial score (nSPS) is 17.1.